The lowest BCUT2D eigenvalue weighted by atomic mass is 9.82. The molecule has 240 valence electrons. The highest BCUT2D eigenvalue weighted by molar-refractivity contribution is 5.92. The smallest absolute Gasteiger partial charge is 0.396 e. The number of hydrogen-bond acceptors (Lipinski definition) is 11. The first-order valence-corrected chi connectivity index (χ1v) is 15.2. The van der Waals surface area contributed by atoms with Gasteiger partial charge < -0.3 is 44.5 Å². The van der Waals surface area contributed by atoms with E-state index in [-0.39, 0.29) is 56.9 Å². The minimum Gasteiger partial charge on any atom is -0.396 e. The van der Waals surface area contributed by atoms with Crippen LogP contribution in [0.5, 0.6) is 0 Å². The second-order valence-electron chi connectivity index (χ2n) is 12.4. The average Bonchev–Trinajstić information content (AvgIpc) is 3.04. The Kier molecular flexibility index (Phi) is 14.3. The third kappa shape index (κ3) is 9.48. The van der Waals surface area contributed by atoms with E-state index in [4.69, 9.17) is 34.3 Å². The number of ketones is 2. The van der Waals surface area contributed by atoms with Gasteiger partial charge >= 0.3 is 1.43 Å². The van der Waals surface area contributed by atoms with Crippen LogP contribution in [0.15, 0.2) is 0 Å². The van der Waals surface area contributed by atoms with E-state index in [0.29, 0.717) is 58.5 Å². The summed E-state index contributed by atoms with van der Waals surface area (Å²) in [6, 6.07) is 0. The maximum atomic E-state index is 10.5. The first-order valence-electron chi connectivity index (χ1n) is 15.2. The molecule has 0 aromatic rings. The Morgan fingerprint density at radius 3 is 1.07 bits per heavy atom. The van der Waals surface area contributed by atoms with E-state index < -0.39 is 17.0 Å². The van der Waals surface area contributed by atoms with Crippen LogP contribution in [-0.2, 0) is 28.5 Å². The van der Waals surface area contributed by atoms with Crippen LogP contribution in [-0.4, -0.2) is 108 Å². The van der Waals surface area contributed by atoms with Crippen LogP contribution in [0.1, 0.15) is 92.8 Å². The highest BCUT2D eigenvalue weighted by Crippen LogP contribution is 2.47. The molecule has 0 bridgehead atoms. The fourth-order valence-corrected chi connectivity index (χ4v) is 5.00. The topological polar surface area (TPSA) is 172 Å². The molecule has 2 saturated carbocycles. The summed E-state index contributed by atoms with van der Waals surface area (Å²) in [5.74, 6) is -0.626. The molecule has 2 saturated heterocycles. The van der Waals surface area contributed by atoms with Crippen LogP contribution in [0, 0.1) is 16.2 Å². The van der Waals surface area contributed by atoms with Crippen LogP contribution in [0.3, 0.4) is 0 Å². The minimum absolute atomic E-state index is 0. The molecular weight excluding hydrogens is 536 g/mol. The molecule has 2 spiro atoms. The number of carbonyl (C=O) groups excluding carboxylic acids is 2. The maximum absolute atomic E-state index is 10.5. The number of rotatable bonds is 8. The molecule has 11 nitrogen and oxygen atoms in total. The second-order valence-corrected chi connectivity index (χ2v) is 12.4. The zero-order chi connectivity index (χ0) is 30.6. The highest BCUT2D eigenvalue weighted by Gasteiger charge is 2.52. The molecule has 2 aliphatic carbocycles. The molecule has 0 amide bonds. The van der Waals surface area contributed by atoms with Gasteiger partial charge in [-0.1, -0.05) is 20.8 Å². The SMILES string of the molecule is CCC(CO)(CO)CO.CCC1(CO)COC2(CCC3(CC2)OCC(CC)(CO)CO3)OC1.O=C1CCC(=O)CC1.[H+]. The lowest BCUT2D eigenvalue weighted by Crippen LogP contribution is -2.58. The van der Waals surface area contributed by atoms with Crippen LogP contribution >= 0.6 is 0 Å². The van der Waals surface area contributed by atoms with Crippen molar-refractivity contribution in [1.82, 2.24) is 0 Å². The van der Waals surface area contributed by atoms with Gasteiger partial charge in [0.25, 0.3) is 0 Å². The standard InChI is InChI=1S/C18H32O6.C6H14O3.C6H8O2/c1-3-15(9-19)11-21-17(22-12-15)5-7-18(8-6-17)23-13-16(4-2,10-20)14-24-18;1-2-6(3-7,4-8)5-9;7-5-1-2-6(8)4-3-5/h19-20H,3-14H2,1-2H3;7-9H,2-5H2,1H3;1-4H2/p+1. The molecule has 2 aliphatic heterocycles. The summed E-state index contributed by atoms with van der Waals surface area (Å²) >= 11 is 0. The summed E-state index contributed by atoms with van der Waals surface area (Å²) in [6.45, 7) is 7.81. The van der Waals surface area contributed by atoms with Gasteiger partial charge in [0.15, 0.2) is 11.6 Å². The summed E-state index contributed by atoms with van der Waals surface area (Å²) in [6.07, 6.45) is 7.15. The van der Waals surface area contributed by atoms with E-state index in [9.17, 15) is 19.8 Å². The third-order valence-electron chi connectivity index (χ3n) is 9.63. The van der Waals surface area contributed by atoms with E-state index in [1.54, 1.807) is 0 Å². The molecule has 5 N–H and O–H groups in total. The van der Waals surface area contributed by atoms with E-state index in [1.165, 1.54) is 0 Å². The first kappa shape index (κ1) is 36.2. The van der Waals surface area contributed by atoms with Crippen molar-refractivity contribution in [1.29, 1.82) is 0 Å². The third-order valence-corrected chi connectivity index (χ3v) is 9.63. The lowest BCUT2D eigenvalue weighted by molar-refractivity contribution is -0.370. The van der Waals surface area contributed by atoms with Crippen molar-refractivity contribution >= 4 is 11.6 Å². The zero-order valence-electron chi connectivity index (χ0n) is 26.3. The van der Waals surface area contributed by atoms with Crippen molar-refractivity contribution < 1.29 is 55.5 Å². The number of Topliss-reactive ketones (excluding diaryl/α,β-unsaturated/α-hetero) is 2. The van der Waals surface area contributed by atoms with Crippen molar-refractivity contribution in [2.75, 3.05) is 59.5 Å². The van der Waals surface area contributed by atoms with Crippen molar-refractivity contribution in [2.24, 2.45) is 16.2 Å². The molecule has 4 fully saturated rings. The Morgan fingerprint density at radius 2 is 0.902 bits per heavy atom. The van der Waals surface area contributed by atoms with E-state index in [1.807, 2.05) is 6.92 Å². The van der Waals surface area contributed by atoms with E-state index in [0.717, 1.165) is 38.5 Å². The highest BCUT2D eigenvalue weighted by atomic mass is 16.7. The van der Waals surface area contributed by atoms with Gasteiger partial charge in [0.2, 0.25) is 0 Å². The zero-order valence-corrected chi connectivity index (χ0v) is 25.3. The molecule has 11 heteroatoms. The van der Waals surface area contributed by atoms with Crippen LogP contribution in [0.25, 0.3) is 0 Å². The van der Waals surface area contributed by atoms with Gasteiger partial charge in [-0.25, -0.2) is 0 Å². The van der Waals surface area contributed by atoms with Gasteiger partial charge in [-0.2, -0.15) is 0 Å². The molecule has 4 rings (SSSR count). The Bertz CT molecular complexity index is 692. The van der Waals surface area contributed by atoms with Crippen LogP contribution in [0.4, 0.5) is 0 Å². The van der Waals surface area contributed by atoms with Crippen molar-refractivity contribution in [3.05, 3.63) is 0 Å². The quantitative estimate of drug-likeness (QED) is 0.279. The maximum Gasteiger partial charge on any atom is 1.00 e. The first-order chi connectivity index (χ1) is 19.5. The number of hydrogen-bond donors (Lipinski definition) is 5. The summed E-state index contributed by atoms with van der Waals surface area (Å²) in [5, 5.41) is 45.2. The number of ether oxygens (including phenoxy) is 4. The van der Waals surface area contributed by atoms with Crippen molar-refractivity contribution in [3.63, 3.8) is 0 Å². The average molecular weight is 592 g/mol. The summed E-state index contributed by atoms with van der Waals surface area (Å²) in [5.41, 5.74) is -1.19. The normalized spacial score (nSPS) is 34.0. The lowest BCUT2D eigenvalue weighted by Gasteiger charge is -2.53. The molecule has 2 heterocycles. The molecule has 0 radical (unpaired) electrons. The molecule has 41 heavy (non-hydrogen) atoms. The van der Waals surface area contributed by atoms with Crippen molar-refractivity contribution in [3.8, 4) is 0 Å². The van der Waals surface area contributed by atoms with Gasteiger partial charge in [0.1, 0.15) is 11.6 Å². The monoisotopic (exact) mass is 591 g/mol. The summed E-state index contributed by atoms with van der Waals surface area (Å²) in [7, 11) is 0. The number of carbonyl (C=O) groups is 2. The molecule has 0 aromatic heterocycles. The summed E-state index contributed by atoms with van der Waals surface area (Å²) < 4.78 is 24.4. The van der Waals surface area contributed by atoms with Crippen molar-refractivity contribution in [2.45, 2.75) is 103 Å². The predicted octanol–water partition coefficient (Wildman–Crippen LogP) is 1.99. The van der Waals surface area contributed by atoms with Gasteiger partial charge in [-0.05, 0) is 19.3 Å². The largest absolute Gasteiger partial charge is 1.00 e. The van der Waals surface area contributed by atoms with Gasteiger partial charge in [0.05, 0.1) is 59.5 Å². The van der Waals surface area contributed by atoms with E-state index in [2.05, 4.69) is 13.8 Å². The number of aliphatic hydroxyl groups is 5. The fraction of sp³-hybridized carbons (Fsp3) is 0.933. The Labute approximate surface area is 246 Å². The predicted molar refractivity (Wildman–Crippen MR) is 151 cm³/mol. The Hall–Kier alpha value is -1.02. The summed E-state index contributed by atoms with van der Waals surface area (Å²) in [4.78, 5) is 20.9. The van der Waals surface area contributed by atoms with Crippen LogP contribution in [0.2, 0.25) is 0 Å². The Balaban J connectivity index is 0.000000404. The molecular formula is C30H55O11+. The molecule has 0 unspecified atom stereocenters. The minimum atomic E-state index is -0.667. The van der Waals surface area contributed by atoms with Crippen LogP contribution < -0.4 is 0 Å². The van der Waals surface area contributed by atoms with Gasteiger partial charge in [-0.3, -0.25) is 9.59 Å². The number of aliphatic hydroxyl groups excluding tert-OH is 5. The fourth-order valence-electron chi connectivity index (χ4n) is 5.00. The Morgan fingerprint density at radius 1 is 0.610 bits per heavy atom. The van der Waals surface area contributed by atoms with E-state index >= 15 is 0 Å². The second kappa shape index (κ2) is 16.2. The van der Waals surface area contributed by atoms with Gasteiger partial charge in [-0.15, -0.1) is 0 Å². The van der Waals surface area contributed by atoms with Gasteiger partial charge in [0, 0.05) is 67.6 Å². The molecule has 0 atom stereocenters. The molecule has 4 aliphatic rings. The molecule has 0 aromatic carbocycles.